The quantitative estimate of drug-likeness (QED) is 0.884. The van der Waals surface area contributed by atoms with Gasteiger partial charge in [0, 0.05) is 5.69 Å². The van der Waals surface area contributed by atoms with E-state index in [0.29, 0.717) is 0 Å². The van der Waals surface area contributed by atoms with Gasteiger partial charge in [0.05, 0.1) is 6.04 Å². The number of urea groups is 1. The number of amides is 2. The Kier molecular flexibility index (Phi) is 4.13. The van der Waals surface area contributed by atoms with Crippen LogP contribution >= 0.6 is 0 Å². The molecule has 0 fully saturated rings. The van der Waals surface area contributed by atoms with Crippen molar-refractivity contribution in [2.75, 3.05) is 5.32 Å². The van der Waals surface area contributed by atoms with E-state index >= 15 is 0 Å². The van der Waals surface area contributed by atoms with Gasteiger partial charge in [-0.25, -0.2) is 4.79 Å². The molecule has 2 aromatic rings. The summed E-state index contributed by atoms with van der Waals surface area (Å²) in [6.07, 6.45) is 0. The molecule has 1 heterocycles. The van der Waals surface area contributed by atoms with Gasteiger partial charge in [0.25, 0.3) is 0 Å². The van der Waals surface area contributed by atoms with Crippen LogP contribution in [0.1, 0.15) is 35.6 Å². The molecule has 20 heavy (non-hydrogen) atoms. The lowest BCUT2D eigenvalue weighted by Crippen LogP contribution is -2.31. The summed E-state index contributed by atoms with van der Waals surface area (Å²) in [6, 6.07) is 9.18. The van der Waals surface area contributed by atoms with Crippen LogP contribution < -0.4 is 10.6 Å². The van der Waals surface area contributed by atoms with Gasteiger partial charge in [-0.2, -0.15) is 0 Å². The molecule has 4 heteroatoms. The third kappa shape index (κ3) is 3.41. The molecule has 1 atom stereocenters. The molecule has 2 N–H and O–H groups in total. The summed E-state index contributed by atoms with van der Waals surface area (Å²) in [7, 11) is 0. The minimum absolute atomic E-state index is 0.171. The monoisotopic (exact) mass is 272 g/mol. The van der Waals surface area contributed by atoms with E-state index in [9.17, 15) is 4.79 Å². The molecule has 2 amide bonds. The van der Waals surface area contributed by atoms with Crippen molar-refractivity contribution in [1.82, 2.24) is 5.32 Å². The van der Waals surface area contributed by atoms with Crippen LogP contribution in [0.5, 0.6) is 0 Å². The smallest absolute Gasteiger partial charge is 0.319 e. The third-order valence-electron chi connectivity index (χ3n) is 3.30. The Bertz CT molecular complexity index is 617. The second-order valence-corrected chi connectivity index (χ2v) is 5.07. The lowest BCUT2D eigenvalue weighted by molar-refractivity contribution is 0.247. The van der Waals surface area contributed by atoms with Crippen molar-refractivity contribution in [3.8, 4) is 0 Å². The van der Waals surface area contributed by atoms with E-state index in [1.165, 1.54) is 5.56 Å². The maximum absolute atomic E-state index is 11.9. The molecular weight excluding hydrogens is 252 g/mol. The number of carbonyl (C=O) groups excluding carboxylic acids is 1. The Hall–Kier alpha value is -2.23. The zero-order chi connectivity index (χ0) is 14.7. The summed E-state index contributed by atoms with van der Waals surface area (Å²) >= 11 is 0. The fourth-order valence-corrected chi connectivity index (χ4v) is 1.94. The maximum atomic E-state index is 11.9. The molecule has 1 aromatic carbocycles. The summed E-state index contributed by atoms with van der Waals surface area (Å²) in [5, 5.41) is 5.67. The minimum atomic E-state index is -0.241. The number of carbonyl (C=O) groups is 1. The molecule has 4 nitrogen and oxygen atoms in total. The predicted octanol–water partition coefficient (Wildman–Crippen LogP) is 4.09. The fourth-order valence-electron chi connectivity index (χ4n) is 1.94. The van der Waals surface area contributed by atoms with Crippen molar-refractivity contribution >= 4 is 11.7 Å². The average molecular weight is 272 g/mol. The van der Waals surface area contributed by atoms with Crippen LogP contribution in [-0.4, -0.2) is 6.03 Å². The Morgan fingerprint density at radius 3 is 2.45 bits per heavy atom. The highest BCUT2D eigenvalue weighted by Crippen LogP contribution is 2.17. The van der Waals surface area contributed by atoms with Crippen molar-refractivity contribution in [1.29, 1.82) is 0 Å². The van der Waals surface area contributed by atoms with E-state index in [4.69, 9.17) is 4.42 Å². The van der Waals surface area contributed by atoms with Gasteiger partial charge in [-0.3, -0.25) is 0 Å². The van der Waals surface area contributed by atoms with Gasteiger partial charge in [0.2, 0.25) is 0 Å². The molecule has 0 aliphatic heterocycles. The van der Waals surface area contributed by atoms with Crippen molar-refractivity contribution in [3.63, 3.8) is 0 Å². The molecule has 0 saturated carbocycles. The van der Waals surface area contributed by atoms with E-state index < -0.39 is 0 Å². The second kappa shape index (κ2) is 5.82. The number of nitrogens with one attached hydrogen (secondary N) is 2. The van der Waals surface area contributed by atoms with E-state index in [2.05, 4.69) is 10.6 Å². The van der Waals surface area contributed by atoms with E-state index in [-0.39, 0.29) is 12.1 Å². The van der Waals surface area contributed by atoms with Crippen molar-refractivity contribution in [3.05, 3.63) is 53.0 Å². The molecule has 0 aliphatic carbocycles. The van der Waals surface area contributed by atoms with Crippen LogP contribution in [-0.2, 0) is 0 Å². The van der Waals surface area contributed by atoms with Crippen molar-refractivity contribution in [2.45, 2.75) is 33.7 Å². The third-order valence-corrected chi connectivity index (χ3v) is 3.30. The molecule has 1 aromatic heterocycles. The van der Waals surface area contributed by atoms with E-state index in [1.54, 1.807) is 0 Å². The van der Waals surface area contributed by atoms with Gasteiger partial charge >= 0.3 is 6.03 Å². The standard InChI is InChI=1S/C16H20N2O2/c1-10-5-7-14(9-11(10)2)18-16(19)17-13(4)15-8-6-12(3)20-15/h5-9,13H,1-4H3,(H2,17,18,19)/t13-/m0/s1. The normalized spacial score (nSPS) is 12.0. The van der Waals surface area contributed by atoms with Crippen molar-refractivity contribution in [2.24, 2.45) is 0 Å². The van der Waals surface area contributed by atoms with Crippen LogP contribution in [0.2, 0.25) is 0 Å². The van der Waals surface area contributed by atoms with E-state index in [1.807, 2.05) is 58.0 Å². The summed E-state index contributed by atoms with van der Waals surface area (Å²) in [6.45, 7) is 7.83. The topological polar surface area (TPSA) is 54.3 Å². The highest BCUT2D eigenvalue weighted by atomic mass is 16.3. The number of hydrogen-bond donors (Lipinski definition) is 2. The first-order valence-corrected chi connectivity index (χ1v) is 6.67. The van der Waals surface area contributed by atoms with Gasteiger partial charge in [-0.1, -0.05) is 6.07 Å². The summed E-state index contributed by atoms with van der Waals surface area (Å²) in [5.41, 5.74) is 3.14. The molecule has 0 spiro atoms. The number of anilines is 1. The zero-order valence-electron chi connectivity index (χ0n) is 12.3. The number of benzene rings is 1. The number of aryl methyl sites for hydroxylation is 3. The van der Waals surface area contributed by atoms with Crippen LogP contribution in [0.15, 0.2) is 34.7 Å². The lowest BCUT2D eigenvalue weighted by Gasteiger charge is -2.13. The first kappa shape index (κ1) is 14.2. The number of hydrogen-bond acceptors (Lipinski definition) is 2. The Balaban J connectivity index is 1.96. The largest absolute Gasteiger partial charge is 0.464 e. The molecule has 0 radical (unpaired) electrons. The first-order valence-electron chi connectivity index (χ1n) is 6.67. The molecule has 0 aliphatic rings. The minimum Gasteiger partial charge on any atom is -0.464 e. The Morgan fingerprint density at radius 1 is 1.10 bits per heavy atom. The number of rotatable bonds is 3. The van der Waals surface area contributed by atoms with Gasteiger partial charge in [-0.15, -0.1) is 0 Å². The molecule has 0 bridgehead atoms. The molecule has 0 saturated heterocycles. The highest BCUT2D eigenvalue weighted by Gasteiger charge is 2.12. The maximum Gasteiger partial charge on any atom is 0.319 e. The molecular formula is C16H20N2O2. The summed E-state index contributed by atoms with van der Waals surface area (Å²) in [4.78, 5) is 11.9. The summed E-state index contributed by atoms with van der Waals surface area (Å²) < 4.78 is 5.49. The number of furan rings is 1. The second-order valence-electron chi connectivity index (χ2n) is 5.07. The summed E-state index contributed by atoms with van der Waals surface area (Å²) in [5.74, 6) is 1.58. The Morgan fingerprint density at radius 2 is 1.85 bits per heavy atom. The SMILES string of the molecule is Cc1ccc([C@H](C)NC(=O)Nc2ccc(C)c(C)c2)o1. The van der Waals surface area contributed by atoms with Crippen molar-refractivity contribution < 1.29 is 9.21 Å². The average Bonchev–Trinajstić information content (AvgIpc) is 2.80. The zero-order valence-corrected chi connectivity index (χ0v) is 12.3. The fraction of sp³-hybridized carbons (Fsp3) is 0.312. The predicted molar refractivity (Wildman–Crippen MR) is 79.9 cm³/mol. The molecule has 2 rings (SSSR count). The van der Waals surface area contributed by atoms with Gasteiger partial charge in [0.1, 0.15) is 11.5 Å². The van der Waals surface area contributed by atoms with Crippen LogP contribution in [0.25, 0.3) is 0 Å². The lowest BCUT2D eigenvalue weighted by atomic mass is 10.1. The molecule has 0 unspecified atom stereocenters. The van der Waals surface area contributed by atoms with Crippen LogP contribution in [0, 0.1) is 20.8 Å². The van der Waals surface area contributed by atoms with Gasteiger partial charge in [0.15, 0.2) is 0 Å². The van der Waals surface area contributed by atoms with Crippen LogP contribution in [0.4, 0.5) is 10.5 Å². The first-order chi connectivity index (χ1) is 9.45. The van der Waals surface area contributed by atoms with E-state index in [0.717, 1.165) is 22.8 Å². The Labute approximate surface area is 119 Å². The van der Waals surface area contributed by atoms with Gasteiger partial charge in [-0.05, 0) is 63.1 Å². The highest BCUT2D eigenvalue weighted by molar-refractivity contribution is 5.89. The van der Waals surface area contributed by atoms with Crippen LogP contribution in [0.3, 0.4) is 0 Å². The van der Waals surface area contributed by atoms with Gasteiger partial charge < -0.3 is 15.1 Å². The molecule has 106 valence electrons.